The van der Waals surface area contributed by atoms with Crippen LogP contribution in [-0.4, -0.2) is 30.6 Å². The van der Waals surface area contributed by atoms with Crippen molar-refractivity contribution in [1.29, 1.82) is 0 Å². The predicted molar refractivity (Wildman–Crippen MR) is 97.0 cm³/mol. The Morgan fingerprint density at radius 1 is 1.15 bits per heavy atom. The van der Waals surface area contributed by atoms with Gasteiger partial charge in [-0.3, -0.25) is 0 Å². The summed E-state index contributed by atoms with van der Waals surface area (Å²) in [6, 6.07) is 8.13. The number of sulfone groups is 1. The maximum Gasteiger partial charge on any atom is 0.150 e. The minimum Gasteiger partial charge on any atom is -0.229 e. The summed E-state index contributed by atoms with van der Waals surface area (Å²) >= 11 is 10.8. The van der Waals surface area contributed by atoms with Crippen LogP contribution in [-0.2, 0) is 15.3 Å². The molecule has 0 radical (unpaired) electrons. The van der Waals surface area contributed by atoms with E-state index < -0.39 is 9.84 Å². The van der Waals surface area contributed by atoms with Crippen LogP contribution in [0, 0.1) is 0 Å². The molecule has 0 fully saturated rings. The largest absolute Gasteiger partial charge is 0.229 e. The summed E-state index contributed by atoms with van der Waals surface area (Å²) in [5.41, 5.74) is 1.12. The van der Waals surface area contributed by atoms with Gasteiger partial charge < -0.3 is 0 Å². The quantitative estimate of drug-likeness (QED) is 0.495. The van der Waals surface area contributed by atoms with E-state index in [1.54, 1.807) is 6.92 Å². The molecule has 0 heterocycles. The average Bonchev–Trinajstić information content (AvgIpc) is 2.45. The van der Waals surface area contributed by atoms with Crippen LogP contribution in [0.5, 0.6) is 0 Å². The summed E-state index contributed by atoms with van der Waals surface area (Å²) in [7, 11) is -2.89. The van der Waals surface area contributed by atoms with Crippen LogP contribution in [0.4, 0.5) is 0 Å². The fourth-order valence-corrected chi connectivity index (χ4v) is 5.79. The van der Waals surface area contributed by atoms with Gasteiger partial charge in [0.1, 0.15) is 9.84 Å². The standard InChI is InChI=1S/C14H19Br3O2S/c1-2-20(18,19)9-5-8-14(10-15,11-16)12-6-3-4-7-13(12)17/h3-4,6-7H,2,5,8-11H2,1H3. The molecule has 0 unspecified atom stereocenters. The van der Waals surface area contributed by atoms with E-state index in [9.17, 15) is 8.42 Å². The number of benzene rings is 1. The second-order valence-corrected chi connectivity index (χ2v) is 9.32. The van der Waals surface area contributed by atoms with E-state index >= 15 is 0 Å². The van der Waals surface area contributed by atoms with E-state index in [1.165, 1.54) is 5.56 Å². The van der Waals surface area contributed by atoms with Crippen molar-refractivity contribution < 1.29 is 8.42 Å². The van der Waals surface area contributed by atoms with Crippen LogP contribution >= 0.6 is 47.8 Å². The molecule has 0 saturated carbocycles. The maximum absolute atomic E-state index is 11.6. The minimum atomic E-state index is -2.89. The van der Waals surface area contributed by atoms with Gasteiger partial charge in [0.2, 0.25) is 0 Å². The molecular formula is C14H19Br3O2S. The number of hydrogen-bond acceptors (Lipinski definition) is 2. The fraction of sp³-hybridized carbons (Fsp3) is 0.571. The molecule has 0 spiro atoms. The number of alkyl halides is 2. The van der Waals surface area contributed by atoms with Gasteiger partial charge in [0.25, 0.3) is 0 Å². The Morgan fingerprint density at radius 2 is 1.75 bits per heavy atom. The molecular weight excluding hydrogens is 472 g/mol. The monoisotopic (exact) mass is 488 g/mol. The van der Waals surface area contributed by atoms with Gasteiger partial charge in [-0.1, -0.05) is 72.9 Å². The minimum absolute atomic E-state index is 0.0939. The first-order chi connectivity index (χ1) is 9.40. The smallest absolute Gasteiger partial charge is 0.150 e. The molecule has 1 rings (SSSR count). The third-order valence-corrected chi connectivity index (χ3v) is 8.14. The zero-order chi connectivity index (χ0) is 15.2. The van der Waals surface area contributed by atoms with Crippen molar-refractivity contribution in [1.82, 2.24) is 0 Å². The van der Waals surface area contributed by atoms with Crippen LogP contribution in [0.15, 0.2) is 28.7 Å². The van der Waals surface area contributed by atoms with Gasteiger partial charge in [0, 0.05) is 26.3 Å². The van der Waals surface area contributed by atoms with Crippen LogP contribution in [0.2, 0.25) is 0 Å². The summed E-state index contributed by atoms with van der Waals surface area (Å²) in [4.78, 5) is 0. The number of rotatable bonds is 8. The highest BCUT2D eigenvalue weighted by atomic mass is 79.9. The van der Waals surface area contributed by atoms with Crippen molar-refractivity contribution in [3.8, 4) is 0 Å². The van der Waals surface area contributed by atoms with E-state index in [-0.39, 0.29) is 16.9 Å². The summed E-state index contributed by atoms with van der Waals surface area (Å²) in [5.74, 6) is 0.480. The molecule has 6 heteroatoms. The van der Waals surface area contributed by atoms with E-state index in [0.29, 0.717) is 6.42 Å². The first-order valence-electron chi connectivity index (χ1n) is 6.48. The van der Waals surface area contributed by atoms with Crippen molar-refractivity contribution in [2.24, 2.45) is 0 Å². The number of hydrogen-bond donors (Lipinski definition) is 0. The molecule has 0 atom stereocenters. The summed E-state index contributed by atoms with van der Waals surface area (Å²) in [6.45, 7) is 1.70. The van der Waals surface area contributed by atoms with E-state index in [1.807, 2.05) is 18.2 Å². The Kier molecular flexibility index (Phi) is 7.74. The van der Waals surface area contributed by atoms with Gasteiger partial charge >= 0.3 is 0 Å². The Morgan fingerprint density at radius 3 is 2.25 bits per heavy atom. The molecule has 2 nitrogen and oxygen atoms in total. The lowest BCUT2D eigenvalue weighted by atomic mass is 9.80. The van der Waals surface area contributed by atoms with Gasteiger partial charge in [-0.05, 0) is 24.5 Å². The van der Waals surface area contributed by atoms with Gasteiger partial charge in [0.15, 0.2) is 0 Å². The van der Waals surface area contributed by atoms with Gasteiger partial charge in [-0.2, -0.15) is 0 Å². The van der Waals surface area contributed by atoms with Gasteiger partial charge in [0.05, 0.1) is 5.75 Å². The lowest BCUT2D eigenvalue weighted by molar-refractivity contribution is 0.493. The van der Waals surface area contributed by atoms with Gasteiger partial charge in [-0.15, -0.1) is 0 Å². The maximum atomic E-state index is 11.6. The van der Waals surface area contributed by atoms with E-state index in [4.69, 9.17) is 0 Å². The fourth-order valence-electron chi connectivity index (χ4n) is 2.11. The molecule has 0 aliphatic rings. The molecule has 114 valence electrons. The van der Waals surface area contributed by atoms with Crippen LogP contribution in [0.25, 0.3) is 0 Å². The highest BCUT2D eigenvalue weighted by molar-refractivity contribution is 9.10. The van der Waals surface area contributed by atoms with E-state index in [0.717, 1.165) is 21.6 Å². The molecule has 1 aromatic rings. The Hall–Kier alpha value is 0.610. The number of halogens is 3. The molecule has 0 amide bonds. The first kappa shape index (κ1) is 18.7. The second kappa shape index (κ2) is 8.30. The Labute approximate surface area is 147 Å². The lowest BCUT2D eigenvalue weighted by Crippen LogP contribution is -2.31. The molecule has 0 aliphatic heterocycles. The molecule has 1 aromatic carbocycles. The zero-order valence-corrected chi connectivity index (χ0v) is 17.0. The zero-order valence-electron chi connectivity index (χ0n) is 11.4. The topological polar surface area (TPSA) is 34.1 Å². The van der Waals surface area contributed by atoms with Crippen LogP contribution in [0.3, 0.4) is 0 Å². The van der Waals surface area contributed by atoms with Crippen LogP contribution < -0.4 is 0 Å². The molecule has 20 heavy (non-hydrogen) atoms. The Balaban J connectivity index is 2.91. The van der Waals surface area contributed by atoms with Crippen molar-refractivity contribution >= 4 is 57.6 Å². The normalized spacial score (nSPS) is 12.6. The van der Waals surface area contributed by atoms with Crippen molar-refractivity contribution in [2.45, 2.75) is 25.2 Å². The van der Waals surface area contributed by atoms with Crippen molar-refractivity contribution in [2.75, 3.05) is 22.2 Å². The predicted octanol–water partition coefficient (Wildman–Crippen LogP) is 4.69. The highest BCUT2D eigenvalue weighted by Crippen LogP contribution is 2.37. The summed E-state index contributed by atoms with van der Waals surface area (Å²) in [5, 5.41) is 1.58. The van der Waals surface area contributed by atoms with Crippen molar-refractivity contribution in [3.63, 3.8) is 0 Å². The average molecular weight is 491 g/mol. The molecule has 0 aliphatic carbocycles. The van der Waals surface area contributed by atoms with Gasteiger partial charge in [-0.25, -0.2) is 8.42 Å². The highest BCUT2D eigenvalue weighted by Gasteiger charge is 2.31. The SMILES string of the molecule is CCS(=O)(=O)CCCC(CBr)(CBr)c1ccccc1Br. The summed E-state index contributed by atoms with van der Waals surface area (Å²) in [6.07, 6.45) is 1.50. The first-order valence-corrected chi connectivity index (χ1v) is 11.3. The third-order valence-electron chi connectivity index (χ3n) is 3.51. The van der Waals surface area contributed by atoms with Crippen molar-refractivity contribution in [3.05, 3.63) is 34.3 Å². The molecule has 0 bridgehead atoms. The second-order valence-electron chi connectivity index (χ2n) is 4.87. The Bertz CT molecular complexity index is 525. The van der Waals surface area contributed by atoms with E-state index in [2.05, 4.69) is 53.9 Å². The summed E-state index contributed by atoms with van der Waals surface area (Å²) < 4.78 is 24.3. The third kappa shape index (κ3) is 4.82. The molecule has 0 N–H and O–H groups in total. The molecule has 0 aromatic heterocycles. The molecule has 0 saturated heterocycles. The lowest BCUT2D eigenvalue weighted by Gasteiger charge is -2.31. The van der Waals surface area contributed by atoms with Crippen LogP contribution in [0.1, 0.15) is 25.3 Å².